The highest BCUT2D eigenvalue weighted by molar-refractivity contribution is 5.05. The third-order valence-corrected chi connectivity index (χ3v) is 2.88. The van der Waals surface area contributed by atoms with Crippen LogP contribution in [-0.4, -0.2) is 6.04 Å². The van der Waals surface area contributed by atoms with E-state index < -0.39 is 0 Å². The fourth-order valence-electron chi connectivity index (χ4n) is 1.84. The van der Waals surface area contributed by atoms with Gasteiger partial charge in [0.1, 0.15) is 5.76 Å². The molecular weight excluding hydrogens is 162 g/mol. The van der Waals surface area contributed by atoms with Gasteiger partial charge in [-0.3, -0.25) is 0 Å². The van der Waals surface area contributed by atoms with Gasteiger partial charge >= 0.3 is 0 Å². The van der Waals surface area contributed by atoms with Gasteiger partial charge in [0, 0.05) is 6.04 Å². The number of rotatable bonds is 4. The molecule has 0 aromatic carbocycles. The van der Waals surface area contributed by atoms with E-state index in [-0.39, 0.29) is 0 Å². The van der Waals surface area contributed by atoms with Crippen LogP contribution in [0.15, 0.2) is 22.8 Å². The van der Waals surface area contributed by atoms with E-state index in [2.05, 4.69) is 19.2 Å². The van der Waals surface area contributed by atoms with Gasteiger partial charge in [-0.1, -0.05) is 13.3 Å². The van der Waals surface area contributed by atoms with E-state index >= 15 is 0 Å². The Kier molecular flexibility index (Phi) is 2.40. The van der Waals surface area contributed by atoms with Crippen molar-refractivity contribution in [3.05, 3.63) is 24.2 Å². The summed E-state index contributed by atoms with van der Waals surface area (Å²) in [5.41, 5.74) is 0. The van der Waals surface area contributed by atoms with Crippen LogP contribution in [-0.2, 0) is 0 Å². The summed E-state index contributed by atoms with van der Waals surface area (Å²) in [5, 5.41) is 3.56. The van der Waals surface area contributed by atoms with Gasteiger partial charge in [0.05, 0.1) is 12.3 Å². The predicted molar refractivity (Wildman–Crippen MR) is 52.4 cm³/mol. The van der Waals surface area contributed by atoms with Crippen LogP contribution in [0.3, 0.4) is 0 Å². The second-order valence-electron chi connectivity index (χ2n) is 3.91. The molecule has 0 aliphatic heterocycles. The molecule has 1 aromatic heterocycles. The second-order valence-corrected chi connectivity index (χ2v) is 3.91. The lowest BCUT2D eigenvalue weighted by Crippen LogP contribution is -2.21. The van der Waals surface area contributed by atoms with E-state index in [0.29, 0.717) is 6.04 Å². The van der Waals surface area contributed by atoms with Crippen molar-refractivity contribution >= 4 is 0 Å². The van der Waals surface area contributed by atoms with Crippen molar-refractivity contribution in [2.24, 2.45) is 5.92 Å². The normalized spacial score (nSPS) is 28.8. The van der Waals surface area contributed by atoms with Gasteiger partial charge < -0.3 is 9.73 Å². The van der Waals surface area contributed by atoms with Crippen LogP contribution in [0.1, 0.15) is 38.5 Å². The largest absolute Gasteiger partial charge is 0.468 e. The molecule has 1 saturated carbocycles. The van der Waals surface area contributed by atoms with Gasteiger partial charge in [-0.2, -0.15) is 0 Å². The molecule has 2 heteroatoms. The van der Waals surface area contributed by atoms with Gasteiger partial charge in [-0.15, -0.1) is 0 Å². The Morgan fingerprint density at radius 1 is 1.69 bits per heavy atom. The summed E-state index contributed by atoms with van der Waals surface area (Å²) in [5.74, 6) is 1.94. The molecule has 0 bridgehead atoms. The Morgan fingerprint density at radius 3 is 3.08 bits per heavy atom. The van der Waals surface area contributed by atoms with Gasteiger partial charge in [-0.05, 0) is 31.4 Å². The summed E-state index contributed by atoms with van der Waals surface area (Å²) < 4.78 is 5.33. The summed E-state index contributed by atoms with van der Waals surface area (Å²) in [6.45, 7) is 4.41. The molecule has 0 saturated heterocycles. The van der Waals surface area contributed by atoms with Crippen molar-refractivity contribution in [2.45, 2.75) is 38.8 Å². The first-order valence-corrected chi connectivity index (χ1v) is 5.10. The van der Waals surface area contributed by atoms with Gasteiger partial charge in [0.25, 0.3) is 0 Å². The summed E-state index contributed by atoms with van der Waals surface area (Å²) in [7, 11) is 0. The molecule has 1 fully saturated rings. The molecule has 1 N–H and O–H groups in total. The maximum atomic E-state index is 5.33. The van der Waals surface area contributed by atoms with Crippen LogP contribution in [0.25, 0.3) is 0 Å². The SMILES string of the molecule is CCC1CC1NC(C)c1ccco1. The Hall–Kier alpha value is -0.760. The van der Waals surface area contributed by atoms with Crippen LogP contribution in [0, 0.1) is 5.92 Å². The zero-order valence-corrected chi connectivity index (χ0v) is 8.29. The minimum atomic E-state index is 0.358. The average molecular weight is 179 g/mol. The monoisotopic (exact) mass is 179 g/mol. The van der Waals surface area contributed by atoms with E-state index in [9.17, 15) is 0 Å². The lowest BCUT2D eigenvalue weighted by Gasteiger charge is -2.10. The third-order valence-electron chi connectivity index (χ3n) is 2.88. The Balaban J connectivity index is 1.83. The van der Waals surface area contributed by atoms with Crippen molar-refractivity contribution < 1.29 is 4.42 Å². The number of hydrogen-bond acceptors (Lipinski definition) is 2. The average Bonchev–Trinajstić information content (AvgIpc) is 2.68. The molecule has 0 radical (unpaired) electrons. The summed E-state index contributed by atoms with van der Waals surface area (Å²) in [4.78, 5) is 0. The zero-order valence-electron chi connectivity index (χ0n) is 8.29. The molecule has 2 rings (SSSR count). The van der Waals surface area contributed by atoms with Crippen molar-refractivity contribution in [1.82, 2.24) is 5.32 Å². The van der Waals surface area contributed by atoms with Crippen molar-refractivity contribution in [3.63, 3.8) is 0 Å². The van der Waals surface area contributed by atoms with E-state index in [4.69, 9.17) is 4.42 Å². The molecular formula is C11H17NO. The van der Waals surface area contributed by atoms with Crippen LogP contribution >= 0.6 is 0 Å². The van der Waals surface area contributed by atoms with E-state index in [1.165, 1.54) is 12.8 Å². The Labute approximate surface area is 79.3 Å². The van der Waals surface area contributed by atoms with Crippen molar-refractivity contribution in [2.75, 3.05) is 0 Å². The van der Waals surface area contributed by atoms with Crippen LogP contribution in [0.2, 0.25) is 0 Å². The van der Waals surface area contributed by atoms with Crippen LogP contribution in [0.4, 0.5) is 0 Å². The molecule has 1 aliphatic rings. The molecule has 2 nitrogen and oxygen atoms in total. The second kappa shape index (κ2) is 3.54. The molecule has 3 unspecified atom stereocenters. The standard InChI is InChI=1S/C11H17NO/c1-3-9-7-10(9)12-8(2)11-5-4-6-13-11/h4-6,8-10,12H,3,7H2,1-2H3. The first-order chi connectivity index (χ1) is 6.31. The van der Waals surface area contributed by atoms with E-state index in [1.54, 1.807) is 6.26 Å². The summed E-state index contributed by atoms with van der Waals surface area (Å²) >= 11 is 0. The smallest absolute Gasteiger partial charge is 0.120 e. The van der Waals surface area contributed by atoms with Gasteiger partial charge in [-0.25, -0.2) is 0 Å². The van der Waals surface area contributed by atoms with Gasteiger partial charge in [0.15, 0.2) is 0 Å². The van der Waals surface area contributed by atoms with Crippen LogP contribution in [0.5, 0.6) is 0 Å². The maximum absolute atomic E-state index is 5.33. The third kappa shape index (κ3) is 1.94. The number of furan rings is 1. The molecule has 13 heavy (non-hydrogen) atoms. The predicted octanol–water partition coefficient (Wildman–Crippen LogP) is 2.73. The lowest BCUT2D eigenvalue weighted by molar-refractivity contribution is 0.422. The summed E-state index contributed by atoms with van der Waals surface area (Å²) in [6, 6.07) is 5.06. The molecule has 1 aliphatic carbocycles. The van der Waals surface area contributed by atoms with E-state index in [1.807, 2.05) is 12.1 Å². The minimum Gasteiger partial charge on any atom is -0.468 e. The Morgan fingerprint density at radius 2 is 2.54 bits per heavy atom. The quantitative estimate of drug-likeness (QED) is 0.768. The molecule has 72 valence electrons. The fraction of sp³-hybridized carbons (Fsp3) is 0.636. The Bertz CT molecular complexity index is 255. The van der Waals surface area contributed by atoms with Crippen molar-refractivity contribution in [1.29, 1.82) is 0 Å². The highest BCUT2D eigenvalue weighted by Gasteiger charge is 2.36. The van der Waals surface area contributed by atoms with Gasteiger partial charge in [0.2, 0.25) is 0 Å². The van der Waals surface area contributed by atoms with Crippen molar-refractivity contribution in [3.8, 4) is 0 Å². The first-order valence-electron chi connectivity index (χ1n) is 5.10. The highest BCUT2D eigenvalue weighted by Crippen LogP contribution is 2.35. The lowest BCUT2D eigenvalue weighted by atomic mass is 10.2. The molecule has 0 amide bonds. The van der Waals surface area contributed by atoms with E-state index in [0.717, 1.165) is 17.7 Å². The summed E-state index contributed by atoms with van der Waals surface area (Å²) in [6.07, 6.45) is 4.36. The first kappa shape index (κ1) is 8.82. The minimum absolute atomic E-state index is 0.358. The molecule has 1 aromatic rings. The molecule has 3 atom stereocenters. The number of hydrogen-bond donors (Lipinski definition) is 1. The fourth-order valence-corrected chi connectivity index (χ4v) is 1.84. The maximum Gasteiger partial charge on any atom is 0.120 e. The topological polar surface area (TPSA) is 25.2 Å². The molecule has 0 spiro atoms. The highest BCUT2D eigenvalue weighted by atomic mass is 16.3. The number of nitrogens with one attached hydrogen (secondary N) is 1. The molecule has 1 heterocycles. The zero-order chi connectivity index (χ0) is 9.26. The van der Waals surface area contributed by atoms with Crippen LogP contribution < -0.4 is 5.32 Å².